The van der Waals surface area contributed by atoms with Crippen LogP contribution in [-0.4, -0.2) is 26.1 Å². The maximum Gasteiger partial charge on any atom is 0.203 e. The molecule has 0 saturated carbocycles. The number of hydrogen-bond acceptors (Lipinski definition) is 4. The Morgan fingerprint density at radius 3 is 2.89 bits per heavy atom. The van der Waals surface area contributed by atoms with E-state index in [9.17, 15) is 4.39 Å². The van der Waals surface area contributed by atoms with Crippen molar-refractivity contribution in [1.82, 2.24) is 19.6 Å². The lowest BCUT2D eigenvalue weighted by molar-refractivity contribution is 0.627. The highest BCUT2D eigenvalue weighted by Crippen LogP contribution is 2.10. The zero-order valence-electron chi connectivity index (χ0n) is 10.1. The molecule has 96 valence electrons. The van der Waals surface area contributed by atoms with Crippen LogP contribution in [0, 0.1) is 5.82 Å². The van der Waals surface area contributed by atoms with E-state index in [4.69, 9.17) is 0 Å². The Kier molecular flexibility index (Phi) is 3.06. The SMILES string of the molecule is Fc1ccc(CCNc2nccn3cnnc23)cc1. The maximum atomic E-state index is 12.8. The molecule has 0 saturated heterocycles. The van der Waals surface area contributed by atoms with Gasteiger partial charge in [0, 0.05) is 18.9 Å². The molecule has 2 aromatic heterocycles. The van der Waals surface area contributed by atoms with Crippen LogP contribution in [0.1, 0.15) is 5.56 Å². The molecule has 0 radical (unpaired) electrons. The monoisotopic (exact) mass is 257 g/mol. The first kappa shape index (κ1) is 11.6. The molecule has 5 nitrogen and oxygen atoms in total. The standard InChI is InChI=1S/C13H12FN5/c14-11-3-1-10(2-4-11)5-6-15-12-13-18-17-9-19(13)8-7-16-12/h1-4,7-9H,5-6H2,(H,15,16). The van der Waals surface area contributed by atoms with Gasteiger partial charge in [-0.15, -0.1) is 10.2 Å². The van der Waals surface area contributed by atoms with Crippen molar-refractivity contribution in [3.63, 3.8) is 0 Å². The number of anilines is 1. The maximum absolute atomic E-state index is 12.8. The highest BCUT2D eigenvalue weighted by atomic mass is 19.1. The third-order valence-electron chi connectivity index (χ3n) is 2.84. The van der Waals surface area contributed by atoms with Crippen molar-refractivity contribution < 1.29 is 4.39 Å². The fraction of sp³-hybridized carbons (Fsp3) is 0.154. The van der Waals surface area contributed by atoms with Crippen molar-refractivity contribution in [2.24, 2.45) is 0 Å². The summed E-state index contributed by atoms with van der Waals surface area (Å²) in [5, 5.41) is 11.0. The molecule has 0 unspecified atom stereocenters. The molecule has 0 aliphatic rings. The fourth-order valence-corrected chi connectivity index (χ4v) is 1.86. The van der Waals surface area contributed by atoms with Gasteiger partial charge in [-0.05, 0) is 24.1 Å². The van der Waals surface area contributed by atoms with E-state index < -0.39 is 0 Å². The molecule has 1 N–H and O–H groups in total. The molecule has 6 heteroatoms. The summed E-state index contributed by atoms with van der Waals surface area (Å²) in [5.41, 5.74) is 1.77. The number of nitrogens with zero attached hydrogens (tertiary/aromatic N) is 4. The van der Waals surface area contributed by atoms with E-state index in [-0.39, 0.29) is 5.82 Å². The summed E-state index contributed by atoms with van der Waals surface area (Å²) in [4.78, 5) is 4.23. The predicted molar refractivity (Wildman–Crippen MR) is 69.4 cm³/mol. The molecule has 0 aliphatic carbocycles. The van der Waals surface area contributed by atoms with Gasteiger partial charge in [0.1, 0.15) is 12.1 Å². The molecule has 19 heavy (non-hydrogen) atoms. The zero-order chi connectivity index (χ0) is 13.1. The largest absolute Gasteiger partial charge is 0.367 e. The number of aromatic nitrogens is 4. The van der Waals surface area contributed by atoms with Crippen LogP contribution in [0.2, 0.25) is 0 Å². The molecule has 3 aromatic rings. The number of nitrogens with one attached hydrogen (secondary N) is 1. The average molecular weight is 257 g/mol. The first-order valence-electron chi connectivity index (χ1n) is 5.95. The van der Waals surface area contributed by atoms with Gasteiger partial charge >= 0.3 is 0 Å². The Hall–Kier alpha value is -2.50. The van der Waals surface area contributed by atoms with E-state index >= 15 is 0 Å². The Morgan fingerprint density at radius 2 is 2.05 bits per heavy atom. The zero-order valence-corrected chi connectivity index (χ0v) is 10.1. The molecule has 0 spiro atoms. The highest BCUT2D eigenvalue weighted by molar-refractivity contribution is 5.61. The van der Waals surface area contributed by atoms with Crippen molar-refractivity contribution in [3.8, 4) is 0 Å². The summed E-state index contributed by atoms with van der Waals surface area (Å²) in [6.45, 7) is 0.700. The third-order valence-corrected chi connectivity index (χ3v) is 2.84. The van der Waals surface area contributed by atoms with Gasteiger partial charge < -0.3 is 5.32 Å². The van der Waals surface area contributed by atoms with E-state index in [2.05, 4.69) is 20.5 Å². The van der Waals surface area contributed by atoms with Crippen molar-refractivity contribution in [3.05, 3.63) is 54.4 Å². The average Bonchev–Trinajstić information content (AvgIpc) is 2.90. The van der Waals surface area contributed by atoms with Gasteiger partial charge in [-0.2, -0.15) is 0 Å². The summed E-state index contributed by atoms with van der Waals surface area (Å²) in [6.07, 6.45) is 5.90. The predicted octanol–water partition coefficient (Wildman–Crippen LogP) is 1.92. The summed E-state index contributed by atoms with van der Waals surface area (Å²) >= 11 is 0. The normalized spacial score (nSPS) is 10.8. The lowest BCUT2D eigenvalue weighted by atomic mass is 10.1. The molecule has 0 atom stereocenters. The third kappa shape index (κ3) is 2.52. The molecule has 0 fully saturated rings. The van der Waals surface area contributed by atoms with Crippen LogP contribution in [0.25, 0.3) is 5.65 Å². The Labute approximate surface area is 109 Å². The van der Waals surface area contributed by atoms with Crippen LogP contribution < -0.4 is 5.32 Å². The second-order valence-electron chi connectivity index (χ2n) is 4.14. The number of fused-ring (bicyclic) bond motifs is 1. The van der Waals surface area contributed by atoms with Crippen LogP contribution >= 0.6 is 0 Å². The van der Waals surface area contributed by atoms with Gasteiger partial charge in [0.2, 0.25) is 5.65 Å². The fourth-order valence-electron chi connectivity index (χ4n) is 1.86. The second kappa shape index (κ2) is 5.01. The van der Waals surface area contributed by atoms with Gasteiger partial charge in [0.15, 0.2) is 5.82 Å². The Morgan fingerprint density at radius 1 is 1.21 bits per heavy atom. The Bertz CT molecular complexity index is 677. The summed E-state index contributed by atoms with van der Waals surface area (Å²) < 4.78 is 14.6. The lowest BCUT2D eigenvalue weighted by Crippen LogP contribution is -2.07. The summed E-state index contributed by atoms with van der Waals surface area (Å²) in [6, 6.07) is 6.49. The van der Waals surface area contributed by atoms with Crippen LogP contribution in [0.3, 0.4) is 0 Å². The van der Waals surface area contributed by atoms with Crippen LogP contribution in [0.4, 0.5) is 10.2 Å². The van der Waals surface area contributed by atoms with E-state index in [1.807, 2.05) is 0 Å². The minimum Gasteiger partial charge on any atom is -0.367 e. The first-order chi connectivity index (χ1) is 9.33. The van der Waals surface area contributed by atoms with Crippen molar-refractivity contribution in [2.45, 2.75) is 6.42 Å². The van der Waals surface area contributed by atoms with Gasteiger partial charge in [-0.3, -0.25) is 4.40 Å². The summed E-state index contributed by atoms with van der Waals surface area (Å²) in [7, 11) is 0. The van der Waals surface area contributed by atoms with E-state index in [0.29, 0.717) is 18.0 Å². The number of rotatable bonds is 4. The van der Waals surface area contributed by atoms with E-state index in [1.54, 1.807) is 35.3 Å². The quantitative estimate of drug-likeness (QED) is 0.775. The topological polar surface area (TPSA) is 55.1 Å². The molecular weight excluding hydrogens is 245 g/mol. The molecule has 0 aliphatic heterocycles. The molecule has 1 aromatic carbocycles. The minimum absolute atomic E-state index is 0.216. The van der Waals surface area contributed by atoms with Crippen molar-refractivity contribution in [1.29, 1.82) is 0 Å². The van der Waals surface area contributed by atoms with Crippen LogP contribution in [0.5, 0.6) is 0 Å². The van der Waals surface area contributed by atoms with Gasteiger partial charge in [0.25, 0.3) is 0 Å². The number of hydrogen-bond donors (Lipinski definition) is 1. The number of halogens is 1. The van der Waals surface area contributed by atoms with Crippen molar-refractivity contribution >= 4 is 11.5 Å². The molecule has 0 amide bonds. The van der Waals surface area contributed by atoms with E-state index in [1.165, 1.54) is 12.1 Å². The van der Waals surface area contributed by atoms with Gasteiger partial charge in [0.05, 0.1) is 0 Å². The number of benzene rings is 1. The van der Waals surface area contributed by atoms with Gasteiger partial charge in [-0.1, -0.05) is 12.1 Å². The molecule has 3 rings (SSSR count). The van der Waals surface area contributed by atoms with E-state index in [0.717, 1.165) is 12.0 Å². The minimum atomic E-state index is -0.216. The molecule has 0 bridgehead atoms. The Balaban J connectivity index is 1.66. The van der Waals surface area contributed by atoms with Gasteiger partial charge in [-0.25, -0.2) is 9.37 Å². The molecular formula is C13H12FN5. The highest BCUT2D eigenvalue weighted by Gasteiger charge is 2.03. The lowest BCUT2D eigenvalue weighted by Gasteiger charge is -2.06. The second-order valence-corrected chi connectivity index (χ2v) is 4.14. The van der Waals surface area contributed by atoms with Crippen molar-refractivity contribution in [2.75, 3.05) is 11.9 Å². The van der Waals surface area contributed by atoms with Crippen LogP contribution in [0.15, 0.2) is 43.0 Å². The van der Waals surface area contributed by atoms with Crippen LogP contribution in [-0.2, 0) is 6.42 Å². The molecule has 2 heterocycles. The summed E-state index contributed by atoms with van der Waals surface area (Å²) in [5.74, 6) is 0.480. The first-order valence-corrected chi connectivity index (χ1v) is 5.95. The smallest absolute Gasteiger partial charge is 0.203 e.